The summed E-state index contributed by atoms with van der Waals surface area (Å²) in [6.07, 6.45) is -0.0923. The topological polar surface area (TPSA) is 82.2 Å². The normalized spacial score (nSPS) is 12.3. The van der Waals surface area contributed by atoms with Crippen LogP contribution in [-0.4, -0.2) is 28.0 Å². The van der Waals surface area contributed by atoms with Crippen molar-refractivity contribution in [1.29, 1.82) is 0 Å². The Labute approximate surface area is 110 Å². The minimum atomic E-state index is -0.930. The van der Waals surface area contributed by atoms with Crippen molar-refractivity contribution in [1.82, 2.24) is 10.3 Å². The van der Waals surface area contributed by atoms with E-state index in [-0.39, 0.29) is 12.3 Å². The zero-order chi connectivity index (χ0) is 14.0. The van der Waals surface area contributed by atoms with Crippen molar-refractivity contribution in [3.63, 3.8) is 0 Å². The summed E-state index contributed by atoms with van der Waals surface area (Å²) in [5.74, 6) is -1.22. The Morgan fingerprint density at radius 1 is 1.42 bits per heavy atom. The number of aromatic amines is 1. The minimum absolute atomic E-state index is 0.0923. The summed E-state index contributed by atoms with van der Waals surface area (Å²) in [4.78, 5) is 25.6. The average Bonchev–Trinajstić information content (AvgIpc) is 2.73. The van der Waals surface area contributed by atoms with E-state index < -0.39 is 12.0 Å². The lowest BCUT2D eigenvalue weighted by Crippen LogP contribution is -2.34. The third-order valence-electron chi connectivity index (χ3n) is 2.99. The minimum Gasteiger partial charge on any atom is -0.481 e. The molecule has 0 spiro atoms. The van der Waals surface area contributed by atoms with Crippen molar-refractivity contribution >= 4 is 22.8 Å². The highest BCUT2D eigenvalue weighted by Crippen LogP contribution is 2.19. The summed E-state index contributed by atoms with van der Waals surface area (Å²) < 4.78 is 0. The molecule has 0 radical (unpaired) electrons. The number of rotatable bonds is 4. The number of benzene rings is 1. The number of carbonyl (C=O) groups is 2. The number of carbonyl (C=O) groups excluding carboxylic acids is 1. The molecule has 1 aromatic heterocycles. The number of nitrogens with one attached hydrogen (secondary N) is 2. The summed E-state index contributed by atoms with van der Waals surface area (Å²) in [6.45, 7) is 3.64. The predicted octanol–water partition coefficient (Wildman–Crippen LogP) is 2.07. The van der Waals surface area contributed by atoms with Crippen molar-refractivity contribution < 1.29 is 14.7 Å². The molecule has 19 heavy (non-hydrogen) atoms. The first kappa shape index (κ1) is 13.1. The van der Waals surface area contributed by atoms with Crippen LogP contribution in [0.2, 0.25) is 0 Å². The summed E-state index contributed by atoms with van der Waals surface area (Å²) in [5, 5.41) is 12.3. The molecule has 5 heteroatoms. The van der Waals surface area contributed by atoms with E-state index in [2.05, 4.69) is 10.3 Å². The molecule has 0 bridgehead atoms. The number of hydrogen-bond acceptors (Lipinski definition) is 2. The molecule has 1 atom stereocenters. The van der Waals surface area contributed by atoms with Crippen molar-refractivity contribution in [2.75, 3.05) is 0 Å². The van der Waals surface area contributed by atoms with Gasteiger partial charge in [-0.15, -0.1) is 0 Å². The van der Waals surface area contributed by atoms with E-state index in [4.69, 9.17) is 5.11 Å². The smallest absolute Gasteiger partial charge is 0.305 e. The van der Waals surface area contributed by atoms with Gasteiger partial charge in [-0.3, -0.25) is 9.59 Å². The van der Waals surface area contributed by atoms with Gasteiger partial charge in [0.15, 0.2) is 0 Å². The molecule has 1 heterocycles. The van der Waals surface area contributed by atoms with Crippen LogP contribution in [0.4, 0.5) is 0 Å². The second-order valence-corrected chi connectivity index (χ2v) is 4.69. The second kappa shape index (κ2) is 5.14. The number of carboxylic acids is 1. The molecule has 1 aromatic carbocycles. The van der Waals surface area contributed by atoms with Gasteiger partial charge in [0.1, 0.15) is 5.69 Å². The molecule has 0 saturated heterocycles. The number of aryl methyl sites for hydroxylation is 1. The summed E-state index contributed by atoms with van der Waals surface area (Å²) >= 11 is 0. The zero-order valence-electron chi connectivity index (χ0n) is 10.9. The first-order valence-corrected chi connectivity index (χ1v) is 6.08. The van der Waals surface area contributed by atoms with Crippen LogP contribution >= 0.6 is 0 Å². The summed E-state index contributed by atoms with van der Waals surface area (Å²) in [6, 6.07) is 7.18. The third kappa shape index (κ3) is 2.93. The van der Waals surface area contributed by atoms with Crippen molar-refractivity contribution in [2.45, 2.75) is 26.3 Å². The van der Waals surface area contributed by atoms with Crippen LogP contribution in [0, 0.1) is 6.92 Å². The van der Waals surface area contributed by atoms with E-state index in [0.29, 0.717) is 5.69 Å². The van der Waals surface area contributed by atoms with Gasteiger partial charge in [-0.25, -0.2) is 0 Å². The Bertz CT molecular complexity index is 631. The highest BCUT2D eigenvalue weighted by molar-refractivity contribution is 5.99. The van der Waals surface area contributed by atoms with Gasteiger partial charge >= 0.3 is 5.97 Å². The van der Waals surface area contributed by atoms with Crippen LogP contribution in [0.25, 0.3) is 10.9 Å². The van der Waals surface area contributed by atoms with Crippen LogP contribution in [0.3, 0.4) is 0 Å². The molecule has 5 nitrogen and oxygen atoms in total. The van der Waals surface area contributed by atoms with Crippen LogP contribution in [0.1, 0.15) is 29.4 Å². The Balaban J connectivity index is 2.18. The maximum absolute atomic E-state index is 12.0. The number of amides is 1. The van der Waals surface area contributed by atoms with Gasteiger partial charge in [-0.1, -0.05) is 12.1 Å². The van der Waals surface area contributed by atoms with Crippen LogP contribution < -0.4 is 5.32 Å². The first-order chi connectivity index (χ1) is 8.97. The molecule has 100 valence electrons. The summed E-state index contributed by atoms with van der Waals surface area (Å²) in [7, 11) is 0. The van der Waals surface area contributed by atoms with Gasteiger partial charge in [0, 0.05) is 16.9 Å². The molecule has 0 aliphatic heterocycles. The van der Waals surface area contributed by atoms with Crippen molar-refractivity contribution in [3.8, 4) is 0 Å². The van der Waals surface area contributed by atoms with E-state index in [1.54, 1.807) is 13.0 Å². The fourth-order valence-corrected chi connectivity index (χ4v) is 2.04. The Morgan fingerprint density at radius 3 is 2.79 bits per heavy atom. The molecule has 2 aromatic rings. The van der Waals surface area contributed by atoms with Crippen LogP contribution in [-0.2, 0) is 4.79 Å². The largest absolute Gasteiger partial charge is 0.481 e. The number of fused-ring (bicyclic) bond motifs is 1. The molecule has 0 saturated carbocycles. The highest BCUT2D eigenvalue weighted by Gasteiger charge is 2.14. The first-order valence-electron chi connectivity index (χ1n) is 6.08. The third-order valence-corrected chi connectivity index (χ3v) is 2.99. The molecule has 3 N–H and O–H groups in total. The Hall–Kier alpha value is -2.30. The molecule has 0 aliphatic carbocycles. The van der Waals surface area contributed by atoms with Gasteiger partial charge < -0.3 is 15.4 Å². The van der Waals surface area contributed by atoms with Crippen molar-refractivity contribution in [3.05, 3.63) is 35.5 Å². The monoisotopic (exact) mass is 260 g/mol. The lowest BCUT2D eigenvalue weighted by atomic mass is 10.1. The number of carboxylic acid groups (broad SMARTS) is 1. The lowest BCUT2D eigenvalue weighted by Gasteiger charge is -2.10. The average molecular weight is 260 g/mol. The molecule has 1 amide bonds. The van der Waals surface area contributed by atoms with Gasteiger partial charge in [-0.05, 0) is 31.5 Å². The molecule has 2 rings (SSSR count). The fourth-order valence-electron chi connectivity index (χ4n) is 2.04. The van der Waals surface area contributed by atoms with E-state index in [9.17, 15) is 9.59 Å². The quantitative estimate of drug-likeness (QED) is 0.787. The fraction of sp³-hybridized carbons (Fsp3) is 0.286. The van der Waals surface area contributed by atoms with E-state index in [0.717, 1.165) is 16.5 Å². The van der Waals surface area contributed by atoms with Gasteiger partial charge in [-0.2, -0.15) is 0 Å². The highest BCUT2D eigenvalue weighted by atomic mass is 16.4. The second-order valence-electron chi connectivity index (χ2n) is 4.69. The van der Waals surface area contributed by atoms with Crippen molar-refractivity contribution in [2.24, 2.45) is 0 Å². The number of hydrogen-bond donors (Lipinski definition) is 3. The van der Waals surface area contributed by atoms with Gasteiger partial charge in [0.2, 0.25) is 0 Å². The maximum Gasteiger partial charge on any atom is 0.305 e. The zero-order valence-corrected chi connectivity index (χ0v) is 10.9. The van der Waals surface area contributed by atoms with Gasteiger partial charge in [0.25, 0.3) is 5.91 Å². The van der Waals surface area contributed by atoms with E-state index in [1.165, 1.54) is 0 Å². The van der Waals surface area contributed by atoms with Crippen LogP contribution in [0.5, 0.6) is 0 Å². The maximum atomic E-state index is 12.0. The summed E-state index contributed by atoms with van der Waals surface area (Å²) in [5.41, 5.74) is 2.43. The van der Waals surface area contributed by atoms with E-state index in [1.807, 2.05) is 25.1 Å². The van der Waals surface area contributed by atoms with Gasteiger partial charge in [0.05, 0.1) is 6.42 Å². The van der Waals surface area contributed by atoms with E-state index >= 15 is 0 Å². The molecular weight excluding hydrogens is 244 g/mol. The predicted molar refractivity (Wildman–Crippen MR) is 72.2 cm³/mol. The number of aliphatic carboxylic acids is 1. The number of aromatic nitrogens is 1. The van der Waals surface area contributed by atoms with Crippen LogP contribution in [0.15, 0.2) is 24.3 Å². The lowest BCUT2D eigenvalue weighted by molar-refractivity contribution is -0.137. The molecule has 0 fully saturated rings. The molecule has 1 unspecified atom stereocenters. The molecule has 0 aliphatic rings. The standard InChI is InChI=1S/C14H16N2O3/c1-8-4-3-5-11-10(8)7-12(16-11)14(19)15-9(2)6-13(17)18/h3-5,7,9,16H,6H2,1-2H3,(H,15,19)(H,17,18). The number of H-pyrrole nitrogens is 1. The Kier molecular flexibility index (Phi) is 3.55. The molecular formula is C14H16N2O3. The Morgan fingerprint density at radius 2 is 2.16 bits per heavy atom. The SMILES string of the molecule is Cc1cccc2[nH]c(C(=O)NC(C)CC(=O)O)cc12.